The van der Waals surface area contributed by atoms with Gasteiger partial charge in [0.05, 0.1) is 36.1 Å². The zero-order chi connectivity index (χ0) is 41.6. The Bertz CT molecular complexity index is 1940. The molecule has 3 fully saturated rings. The normalized spacial score (nSPS) is 29.3. The Hall–Kier alpha value is -6.59. The van der Waals surface area contributed by atoms with E-state index in [1.165, 1.54) is 50.3 Å². The molecule has 4 aliphatic heterocycles. The van der Waals surface area contributed by atoms with Crippen LogP contribution in [-0.2, 0) is 76.2 Å². The third kappa shape index (κ3) is 9.63. The van der Waals surface area contributed by atoms with Crippen molar-refractivity contribution in [1.82, 2.24) is 0 Å². The average molecular weight is 795 g/mol. The maximum absolute atomic E-state index is 12.9. The van der Waals surface area contributed by atoms with Crippen LogP contribution in [-0.4, -0.2) is 71.5 Å². The van der Waals surface area contributed by atoms with E-state index in [-0.39, 0.29) is 57.1 Å². The Kier molecular flexibility index (Phi) is 12.1. The molecule has 0 bridgehead atoms. The topological polar surface area (TPSA) is 249 Å². The van der Waals surface area contributed by atoms with Crippen LogP contribution in [0.5, 0.6) is 0 Å². The molecule has 0 amide bonds. The molecule has 4 heterocycles. The van der Waals surface area contributed by atoms with E-state index >= 15 is 0 Å². The summed E-state index contributed by atoms with van der Waals surface area (Å²) in [6.07, 6.45) is 11.5. The van der Waals surface area contributed by atoms with Crippen LogP contribution in [0.25, 0.3) is 0 Å². The highest BCUT2D eigenvalue weighted by Gasteiger charge is 2.56. The molecule has 2 atom stereocenters. The van der Waals surface area contributed by atoms with Crippen LogP contribution >= 0.6 is 0 Å². The van der Waals surface area contributed by atoms with Gasteiger partial charge in [-0.1, -0.05) is 43.4 Å². The van der Waals surface area contributed by atoms with Gasteiger partial charge in [-0.3, -0.25) is 4.79 Å². The van der Waals surface area contributed by atoms with E-state index in [4.69, 9.17) is 42.6 Å². The Morgan fingerprint density at radius 3 is 1.37 bits per heavy atom. The molecule has 0 aromatic carbocycles. The minimum atomic E-state index is -1.71. The van der Waals surface area contributed by atoms with Gasteiger partial charge in [-0.2, -0.15) is 0 Å². The van der Waals surface area contributed by atoms with Crippen molar-refractivity contribution in [2.24, 2.45) is 0 Å². The first-order valence-corrected chi connectivity index (χ1v) is 17.8. The van der Waals surface area contributed by atoms with Crippen molar-refractivity contribution in [1.29, 1.82) is 0 Å². The van der Waals surface area contributed by atoms with Gasteiger partial charge in [-0.25, -0.2) is 28.8 Å². The molecular weight excluding hydrogens is 756 g/mol. The zero-order valence-electron chi connectivity index (χ0n) is 31.3. The molecule has 18 nitrogen and oxygen atoms in total. The van der Waals surface area contributed by atoms with Crippen LogP contribution < -0.4 is 10.2 Å². The van der Waals surface area contributed by atoms with Crippen LogP contribution in [0.2, 0.25) is 0 Å². The van der Waals surface area contributed by atoms with Crippen LogP contribution in [0.4, 0.5) is 0 Å². The van der Waals surface area contributed by atoms with Crippen LogP contribution in [0, 0.1) is 0 Å². The maximum Gasteiger partial charge on any atom is 0.348 e. The summed E-state index contributed by atoms with van der Waals surface area (Å²) in [5.41, 5.74) is -1.68. The Labute approximate surface area is 325 Å². The molecule has 0 radical (unpaired) electrons. The third-order valence-corrected chi connectivity index (χ3v) is 9.11. The third-order valence-electron chi connectivity index (χ3n) is 9.11. The fourth-order valence-corrected chi connectivity index (χ4v) is 5.83. The lowest BCUT2D eigenvalue weighted by molar-refractivity contribution is -0.397. The maximum atomic E-state index is 12.9. The van der Waals surface area contributed by atoms with Crippen LogP contribution in [0.3, 0.4) is 0 Å². The standard InChI is InChI=1S/C39H40O18/c1-5-36(3)50-28(41)23(29(42)51-36)13-9-7-11-15-25-32(45)54-38(55-33(25)46)19-21-39(22-20-38)56-34(47)26(35(48)57-39)16-12-8-10-14-24-30(43)52-37(4,53-31(24)44)18-17-27(40)49-6-2/h7-16,41,43H,5-6,17-22H2,1-4H3/p-2/b11-7+,12-8+,13-9+,14-10+,25-15?,26-16?. The van der Waals surface area contributed by atoms with E-state index in [0.29, 0.717) is 0 Å². The number of ether oxygens (including phenoxy) is 9. The number of cyclic esters (lactones) is 2. The number of esters is 7. The molecule has 2 unspecified atom stereocenters. The number of hydrogen-bond acceptors (Lipinski definition) is 18. The van der Waals surface area contributed by atoms with Crippen molar-refractivity contribution in [2.45, 2.75) is 95.8 Å². The van der Waals surface area contributed by atoms with E-state index in [0.717, 1.165) is 24.3 Å². The molecule has 0 aromatic heterocycles. The summed E-state index contributed by atoms with van der Waals surface area (Å²) in [4.78, 5) is 87.6. The Balaban J connectivity index is 1.12. The Morgan fingerprint density at radius 1 is 0.579 bits per heavy atom. The SMILES string of the molecule is CCOC(=O)CCC1(C)OC(=O)C(/C=C/C=C/C=C2C(=O)OC3(CCC4(CC3)OC(=O)C(=C/C=C/C=C/C3=C([O-])OC(C)(CC)OC3=O)C(=O)O4)OC2=O)=C([O-])O1. The van der Waals surface area contributed by atoms with E-state index in [2.05, 4.69) is 0 Å². The summed E-state index contributed by atoms with van der Waals surface area (Å²) in [6, 6.07) is 0. The molecule has 0 N–H and O–H groups in total. The minimum absolute atomic E-state index is 0.106. The summed E-state index contributed by atoms with van der Waals surface area (Å²) in [6.45, 7) is 6.29. The first-order chi connectivity index (χ1) is 26.9. The molecule has 0 aromatic rings. The second-order valence-corrected chi connectivity index (χ2v) is 13.3. The molecule has 57 heavy (non-hydrogen) atoms. The van der Waals surface area contributed by atoms with Gasteiger partial charge in [-0.15, -0.1) is 0 Å². The lowest BCUT2D eigenvalue weighted by Crippen LogP contribution is -2.56. The van der Waals surface area contributed by atoms with Crippen molar-refractivity contribution in [3.63, 3.8) is 0 Å². The predicted octanol–water partition coefficient (Wildman–Crippen LogP) is 1.71. The molecule has 5 rings (SSSR count). The molecule has 1 saturated carbocycles. The van der Waals surface area contributed by atoms with E-state index in [1.807, 2.05) is 0 Å². The van der Waals surface area contributed by atoms with E-state index in [1.54, 1.807) is 13.8 Å². The van der Waals surface area contributed by atoms with Crippen molar-refractivity contribution < 1.29 is 86.4 Å². The summed E-state index contributed by atoms with van der Waals surface area (Å²) in [5, 5.41) is 24.6. The zero-order valence-corrected chi connectivity index (χ0v) is 31.3. The lowest BCUT2D eigenvalue weighted by Gasteiger charge is -2.45. The van der Waals surface area contributed by atoms with Gasteiger partial charge in [0, 0.05) is 32.1 Å². The second kappa shape index (κ2) is 16.6. The molecule has 1 aliphatic carbocycles. The van der Waals surface area contributed by atoms with Gasteiger partial charge in [0.1, 0.15) is 11.1 Å². The van der Waals surface area contributed by atoms with E-state index in [9.17, 15) is 43.8 Å². The van der Waals surface area contributed by atoms with E-state index < -0.39 is 93.5 Å². The van der Waals surface area contributed by atoms with Crippen LogP contribution in [0.1, 0.15) is 72.6 Å². The predicted molar refractivity (Wildman–Crippen MR) is 182 cm³/mol. The highest BCUT2D eigenvalue weighted by molar-refractivity contribution is 6.16. The largest absolute Gasteiger partial charge is 0.574 e. The number of rotatable bonds is 11. The first kappa shape index (κ1) is 41.6. The summed E-state index contributed by atoms with van der Waals surface area (Å²) in [7, 11) is 0. The van der Waals surface area contributed by atoms with Gasteiger partial charge in [-0.05, 0) is 51.5 Å². The van der Waals surface area contributed by atoms with Gasteiger partial charge < -0.3 is 52.8 Å². The summed E-state index contributed by atoms with van der Waals surface area (Å²) < 4.78 is 47.4. The first-order valence-electron chi connectivity index (χ1n) is 17.8. The monoisotopic (exact) mass is 794 g/mol. The fraction of sp³-hybridized carbons (Fsp3) is 0.410. The molecule has 2 spiro atoms. The summed E-state index contributed by atoms with van der Waals surface area (Å²) in [5.74, 6) is -14.6. The van der Waals surface area contributed by atoms with Gasteiger partial charge in [0.2, 0.25) is 0 Å². The minimum Gasteiger partial charge on any atom is -0.574 e. The molecule has 18 heteroatoms. The van der Waals surface area contributed by atoms with Gasteiger partial charge >= 0.3 is 41.8 Å². The van der Waals surface area contributed by atoms with Crippen molar-refractivity contribution in [2.75, 3.05) is 6.61 Å². The summed E-state index contributed by atoms with van der Waals surface area (Å²) >= 11 is 0. The lowest BCUT2D eigenvalue weighted by atomic mass is 9.87. The van der Waals surface area contributed by atoms with Crippen LogP contribution in [0.15, 0.2) is 94.9 Å². The molecule has 2 saturated heterocycles. The number of allylic oxidation sites excluding steroid dienone is 8. The molecule has 5 aliphatic rings. The highest BCUT2D eigenvalue weighted by Crippen LogP contribution is 2.45. The smallest absolute Gasteiger partial charge is 0.348 e. The van der Waals surface area contributed by atoms with Crippen molar-refractivity contribution in [3.05, 3.63) is 94.9 Å². The average Bonchev–Trinajstić information content (AvgIpc) is 3.12. The number of carbonyl (C=O) groups is 7. The van der Waals surface area contributed by atoms with Gasteiger partial charge in [0.15, 0.2) is 11.6 Å². The molecular formula is C39H38O18-2. The van der Waals surface area contributed by atoms with Crippen molar-refractivity contribution in [3.8, 4) is 0 Å². The number of carbonyl (C=O) groups excluding carboxylic acids is 7. The molecule has 304 valence electrons. The second-order valence-electron chi connectivity index (χ2n) is 13.3. The number of hydrogen-bond donors (Lipinski definition) is 0. The Morgan fingerprint density at radius 2 is 0.982 bits per heavy atom. The van der Waals surface area contributed by atoms with Crippen molar-refractivity contribution >= 4 is 41.8 Å². The van der Waals surface area contributed by atoms with Gasteiger partial charge in [0.25, 0.3) is 11.6 Å². The highest BCUT2D eigenvalue weighted by atomic mass is 16.8. The quantitative estimate of drug-likeness (QED) is 0.0949. The fourth-order valence-electron chi connectivity index (χ4n) is 5.83.